The number of aromatic nitrogens is 1. The summed E-state index contributed by atoms with van der Waals surface area (Å²) in [5.74, 6) is -0.0608. The molecule has 1 amide bonds. The van der Waals surface area contributed by atoms with Crippen molar-refractivity contribution in [3.8, 4) is 0 Å². The number of hydrogen-bond donors (Lipinski definition) is 1. The number of hydrogen-bond acceptors (Lipinski definition) is 3. The van der Waals surface area contributed by atoms with Crippen LogP contribution in [-0.4, -0.2) is 27.9 Å². The van der Waals surface area contributed by atoms with Crippen LogP contribution in [0.3, 0.4) is 0 Å². The minimum Gasteiger partial charge on any atom is -0.397 e. The van der Waals surface area contributed by atoms with Gasteiger partial charge in [0.15, 0.2) is 0 Å². The van der Waals surface area contributed by atoms with E-state index in [1.165, 1.54) is 12.3 Å². The standard InChI is InChI=1S/C12H16ClN3O/c1-12(2)4-3-5-16(12)11(17)8-6-10(13)15-7-9(8)14/h6-7H,3-5,14H2,1-2H3. The van der Waals surface area contributed by atoms with Gasteiger partial charge in [0.1, 0.15) is 5.15 Å². The maximum absolute atomic E-state index is 12.4. The third-order valence-electron chi connectivity index (χ3n) is 3.28. The summed E-state index contributed by atoms with van der Waals surface area (Å²) in [7, 11) is 0. The second-order valence-corrected chi connectivity index (χ2v) is 5.35. The molecule has 92 valence electrons. The molecule has 1 aromatic rings. The third kappa shape index (κ3) is 2.22. The van der Waals surface area contributed by atoms with Crippen molar-refractivity contribution in [2.24, 2.45) is 0 Å². The molecule has 0 saturated carbocycles. The summed E-state index contributed by atoms with van der Waals surface area (Å²) in [6.45, 7) is 4.90. The van der Waals surface area contributed by atoms with Crippen LogP contribution in [-0.2, 0) is 0 Å². The van der Waals surface area contributed by atoms with Crippen molar-refractivity contribution < 1.29 is 4.79 Å². The van der Waals surface area contributed by atoms with E-state index in [0.717, 1.165) is 19.4 Å². The minimum atomic E-state index is -0.112. The Bertz CT molecular complexity index is 459. The molecule has 1 saturated heterocycles. The molecule has 2 N–H and O–H groups in total. The van der Waals surface area contributed by atoms with E-state index >= 15 is 0 Å². The molecule has 2 heterocycles. The summed E-state index contributed by atoms with van der Waals surface area (Å²) in [4.78, 5) is 18.1. The van der Waals surface area contributed by atoms with Gasteiger partial charge in [0.05, 0.1) is 17.4 Å². The van der Waals surface area contributed by atoms with Gasteiger partial charge in [-0.05, 0) is 32.8 Å². The number of halogens is 1. The fourth-order valence-electron chi connectivity index (χ4n) is 2.25. The highest BCUT2D eigenvalue weighted by Gasteiger charge is 2.36. The summed E-state index contributed by atoms with van der Waals surface area (Å²) in [6.07, 6.45) is 3.47. The van der Waals surface area contributed by atoms with Crippen LogP contribution in [0.1, 0.15) is 37.0 Å². The van der Waals surface area contributed by atoms with E-state index in [2.05, 4.69) is 18.8 Å². The second kappa shape index (κ2) is 4.18. The number of carbonyl (C=O) groups excluding carboxylic acids is 1. The van der Waals surface area contributed by atoms with Gasteiger partial charge in [0.25, 0.3) is 5.91 Å². The highest BCUT2D eigenvalue weighted by Crippen LogP contribution is 2.31. The molecule has 0 unspecified atom stereocenters. The molecule has 1 aromatic heterocycles. The zero-order valence-corrected chi connectivity index (χ0v) is 10.8. The first kappa shape index (κ1) is 12.2. The lowest BCUT2D eigenvalue weighted by molar-refractivity contribution is 0.0653. The highest BCUT2D eigenvalue weighted by molar-refractivity contribution is 6.29. The monoisotopic (exact) mass is 253 g/mol. The van der Waals surface area contributed by atoms with Crippen LogP contribution in [0.4, 0.5) is 5.69 Å². The molecule has 0 spiro atoms. The molecule has 4 nitrogen and oxygen atoms in total. The van der Waals surface area contributed by atoms with Gasteiger partial charge < -0.3 is 10.6 Å². The van der Waals surface area contributed by atoms with Gasteiger partial charge >= 0.3 is 0 Å². The molecule has 0 bridgehead atoms. The first-order valence-corrected chi connectivity index (χ1v) is 6.02. The summed E-state index contributed by atoms with van der Waals surface area (Å²) < 4.78 is 0. The predicted octanol–water partition coefficient (Wildman–Crippen LogP) is 2.33. The van der Waals surface area contributed by atoms with Crippen molar-refractivity contribution in [3.63, 3.8) is 0 Å². The number of carbonyl (C=O) groups is 1. The van der Waals surface area contributed by atoms with Crippen LogP contribution < -0.4 is 5.73 Å². The normalized spacial score (nSPS) is 18.4. The smallest absolute Gasteiger partial charge is 0.256 e. The van der Waals surface area contributed by atoms with Crippen molar-refractivity contribution in [2.75, 3.05) is 12.3 Å². The summed E-state index contributed by atoms with van der Waals surface area (Å²) >= 11 is 5.80. The number of nitrogen functional groups attached to an aromatic ring is 1. The van der Waals surface area contributed by atoms with E-state index in [4.69, 9.17) is 17.3 Å². The minimum absolute atomic E-state index is 0.0608. The Labute approximate surface area is 106 Å². The van der Waals surface area contributed by atoms with E-state index in [1.807, 2.05) is 4.90 Å². The van der Waals surface area contributed by atoms with Crippen molar-refractivity contribution in [2.45, 2.75) is 32.2 Å². The number of nitrogens with two attached hydrogens (primary N) is 1. The van der Waals surface area contributed by atoms with E-state index in [1.54, 1.807) is 0 Å². The van der Waals surface area contributed by atoms with Gasteiger partial charge in [-0.3, -0.25) is 4.79 Å². The van der Waals surface area contributed by atoms with Crippen LogP contribution in [0.5, 0.6) is 0 Å². The van der Waals surface area contributed by atoms with Crippen LogP contribution in [0.2, 0.25) is 5.15 Å². The molecule has 1 fully saturated rings. The van der Waals surface area contributed by atoms with E-state index in [-0.39, 0.29) is 11.4 Å². The molecular weight excluding hydrogens is 238 g/mol. The lowest BCUT2D eigenvalue weighted by Gasteiger charge is -2.32. The Kier molecular flexibility index (Phi) is 3.00. The molecule has 0 atom stereocenters. The van der Waals surface area contributed by atoms with Crippen LogP contribution >= 0.6 is 11.6 Å². The van der Waals surface area contributed by atoms with E-state index in [9.17, 15) is 4.79 Å². The van der Waals surface area contributed by atoms with E-state index < -0.39 is 0 Å². The Balaban J connectivity index is 2.34. The van der Waals surface area contributed by atoms with Gasteiger partial charge in [-0.15, -0.1) is 0 Å². The molecule has 2 rings (SSSR count). The fraction of sp³-hybridized carbons (Fsp3) is 0.500. The summed E-state index contributed by atoms with van der Waals surface area (Å²) in [6, 6.07) is 1.54. The number of pyridine rings is 1. The molecule has 17 heavy (non-hydrogen) atoms. The van der Waals surface area contributed by atoms with Crippen molar-refractivity contribution in [1.82, 2.24) is 9.88 Å². The maximum atomic E-state index is 12.4. The Hall–Kier alpha value is -1.29. The van der Waals surface area contributed by atoms with Crippen LogP contribution in [0.15, 0.2) is 12.3 Å². The molecular formula is C12H16ClN3O. The predicted molar refractivity (Wildman–Crippen MR) is 68.0 cm³/mol. The molecule has 5 heteroatoms. The van der Waals surface area contributed by atoms with Gasteiger partial charge in [0.2, 0.25) is 0 Å². The average molecular weight is 254 g/mol. The highest BCUT2D eigenvalue weighted by atomic mass is 35.5. The number of rotatable bonds is 1. The molecule has 0 radical (unpaired) electrons. The Morgan fingerprint density at radius 2 is 2.29 bits per heavy atom. The first-order valence-electron chi connectivity index (χ1n) is 5.65. The topological polar surface area (TPSA) is 59.2 Å². The first-order chi connectivity index (χ1) is 7.92. The van der Waals surface area contributed by atoms with Gasteiger partial charge in [0, 0.05) is 12.1 Å². The Morgan fingerprint density at radius 1 is 1.59 bits per heavy atom. The van der Waals surface area contributed by atoms with Gasteiger partial charge in [-0.25, -0.2) is 4.98 Å². The van der Waals surface area contributed by atoms with Crippen LogP contribution in [0.25, 0.3) is 0 Å². The molecule has 1 aliphatic rings. The van der Waals surface area contributed by atoms with Crippen molar-refractivity contribution in [3.05, 3.63) is 23.0 Å². The van der Waals surface area contributed by atoms with Crippen LogP contribution in [0, 0.1) is 0 Å². The SMILES string of the molecule is CC1(C)CCCN1C(=O)c1cc(Cl)ncc1N. The lowest BCUT2D eigenvalue weighted by Crippen LogP contribution is -2.42. The van der Waals surface area contributed by atoms with Crippen molar-refractivity contribution >= 4 is 23.2 Å². The zero-order valence-electron chi connectivity index (χ0n) is 10.0. The number of likely N-dealkylation sites (tertiary alicyclic amines) is 1. The number of nitrogens with zero attached hydrogens (tertiary/aromatic N) is 2. The maximum Gasteiger partial charge on any atom is 0.256 e. The zero-order chi connectivity index (χ0) is 12.6. The second-order valence-electron chi connectivity index (χ2n) is 4.97. The average Bonchev–Trinajstić information content (AvgIpc) is 2.61. The van der Waals surface area contributed by atoms with Crippen molar-refractivity contribution in [1.29, 1.82) is 0 Å². The largest absolute Gasteiger partial charge is 0.397 e. The van der Waals surface area contributed by atoms with Gasteiger partial charge in [-0.1, -0.05) is 11.6 Å². The molecule has 0 aliphatic carbocycles. The lowest BCUT2D eigenvalue weighted by atomic mass is 10.0. The quantitative estimate of drug-likeness (QED) is 0.782. The Morgan fingerprint density at radius 3 is 2.88 bits per heavy atom. The molecule has 1 aliphatic heterocycles. The van der Waals surface area contributed by atoms with Gasteiger partial charge in [-0.2, -0.15) is 0 Å². The number of amides is 1. The third-order valence-corrected chi connectivity index (χ3v) is 3.48. The summed E-state index contributed by atoms with van der Waals surface area (Å²) in [5, 5.41) is 0.291. The molecule has 0 aromatic carbocycles. The number of anilines is 1. The van der Waals surface area contributed by atoms with E-state index in [0.29, 0.717) is 16.4 Å². The fourth-order valence-corrected chi connectivity index (χ4v) is 2.41. The summed E-state index contributed by atoms with van der Waals surface area (Å²) in [5.41, 5.74) is 6.49.